The molecule has 2 rings (SSSR count). The number of benzene rings is 1. The van der Waals surface area contributed by atoms with E-state index in [0.29, 0.717) is 11.6 Å². The van der Waals surface area contributed by atoms with E-state index in [1.807, 2.05) is 31.2 Å². The molecule has 0 aliphatic rings. The van der Waals surface area contributed by atoms with Crippen molar-refractivity contribution < 1.29 is 0 Å². The third kappa shape index (κ3) is 2.83. The molecule has 0 bridgehead atoms. The molecule has 0 aliphatic carbocycles. The average molecular weight is 262 g/mol. The maximum absolute atomic E-state index is 8.29. The summed E-state index contributed by atoms with van der Waals surface area (Å²) in [5.41, 5.74) is 10.1. The van der Waals surface area contributed by atoms with Crippen molar-refractivity contribution in [3.8, 4) is 0 Å². The normalized spacial score (nSPS) is 11.9. The number of rotatable bonds is 4. The van der Waals surface area contributed by atoms with Gasteiger partial charge in [-0.1, -0.05) is 16.7 Å². The van der Waals surface area contributed by atoms with Crippen LogP contribution in [0.25, 0.3) is 21.3 Å². The van der Waals surface area contributed by atoms with Gasteiger partial charge in [-0.3, -0.25) is 4.98 Å². The lowest BCUT2D eigenvalue weighted by Crippen LogP contribution is -2.18. The number of pyridine rings is 1. The quantitative estimate of drug-likeness (QED) is 0.513. The second kappa shape index (κ2) is 5.58. The standard InChI is InChI=1S/C12H12ClN5/c1-8(7-16-18-14)17-11-4-5-15-12-6-9(13)2-3-10(11)12/h2-6,8H,7H2,1H3,(H,15,17)/t8-/m0/s1. The summed E-state index contributed by atoms with van der Waals surface area (Å²) in [5, 5.41) is 8.49. The van der Waals surface area contributed by atoms with Crippen molar-refractivity contribution in [1.29, 1.82) is 0 Å². The van der Waals surface area contributed by atoms with Crippen LogP contribution >= 0.6 is 11.6 Å². The van der Waals surface area contributed by atoms with Crippen LogP contribution in [0.1, 0.15) is 6.92 Å². The van der Waals surface area contributed by atoms with Crippen LogP contribution in [0.15, 0.2) is 35.6 Å². The van der Waals surface area contributed by atoms with Crippen molar-refractivity contribution >= 4 is 28.2 Å². The molecule has 0 unspecified atom stereocenters. The van der Waals surface area contributed by atoms with Crippen LogP contribution in [0.4, 0.5) is 5.69 Å². The van der Waals surface area contributed by atoms with Crippen LogP contribution in [-0.2, 0) is 0 Å². The highest BCUT2D eigenvalue weighted by Gasteiger charge is 2.05. The molecule has 0 saturated heterocycles. The fourth-order valence-corrected chi connectivity index (χ4v) is 1.88. The molecule has 0 fully saturated rings. The average Bonchev–Trinajstić information content (AvgIpc) is 2.36. The van der Waals surface area contributed by atoms with Gasteiger partial charge in [-0.25, -0.2) is 0 Å². The molecule has 1 N–H and O–H groups in total. The van der Waals surface area contributed by atoms with E-state index in [-0.39, 0.29) is 6.04 Å². The molecule has 0 radical (unpaired) electrons. The smallest absolute Gasteiger partial charge is 0.0737 e. The molecule has 0 saturated carbocycles. The van der Waals surface area contributed by atoms with E-state index in [9.17, 15) is 0 Å². The Morgan fingerprint density at radius 2 is 2.33 bits per heavy atom. The predicted molar refractivity (Wildman–Crippen MR) is 73.9 cm³/mol. The van der Waals surface area contributed by atoms with Crippen molar-refractivity contribution in [2.75, 3.05) is 11.9 Å². The Balaban J connectivity index is 2.30. The lowest BCUT2D eigenvalue weighted by Gasteiger charge is -2.14. The molecule has 1 aromatic carbocycles. The summed E-state index contributed by atoms with van der Waals surface area (Å²) in [6.07, 6.45) is 1.72. The summed E-state index contributed by atoms with van der Waals surface area (Å²) >= 11 is 5.93. The van der Waals surface area contributed by atoms with E-state index in [1.165, 1.54) is 0 Å². The summed E-state index contributed by atoms with van der Waals surface area (Å²) in [5.74, 6) is 0. The van der Waals surface area contributed by atoms with Gasteiger partial charge >= 0.3 is 0 Å². The van der Waals surface area contributed by atoms with Crippen LogP contribution in [-0.4, -0.2) is 17.6 Å². The first-order chi connectivity index (χ1) is 8.70. The van der Waals surface area contributed by atoms with Crippen LogP contribution in [0.3, 0.4) is 0 Å². The zero-order chi connectivity index (χ0) is 13.0. The van der Waals surface area contributed by atoms with E-state index in [1.54, 1.807) is 6.20 Å². The highest BCUT2D eigenvalue weighted by molar-refractivity contribution is 6.31. The number of halogens is 1. The zero-order valence-electron chi connectivity index (χ0n) is 9.84. The summed E-state index contributed by atoms with van der Waals surface area (Å²) in [7, 11) is 0. The maximum atomic E-state index is 8.29. The number of nitrogens with zero attached hydrogens (tertiary/aromatic N) is 4. The molecule has 0 aliphatic heterocycles. The van der Waals surface area contributed by atoms with Gasteiger partial charge in [0.25, 0.3) is 0 Å². The third-order valence-corrected chi connectivity index (χ3v) is 2.76. The van der Waals surface area contributed by atoms with Crippen molar-refractivity contribution in [2.24, 2.45) is 5.11 Å². The Hall–Kier alpha value is -1.97. The van der Waals surface area contributed by atoms with Crippen LogP contribution < -0.4 is 5.32 Å². The van der Waals surface area contributed by atoms with Crippen molar-refractivity contribution in [1.82, 2.24) is 4.98 Å². The van der Waals surface area contributed by atoms with E-state index < -0.39 is 0 Å². The third-order valence-electron chi connectivity index (χ3n) is 2.53. The molecule has 6 heteroatoms. The number of anilines is 1. The van der Waals surface area contributed by atoms with E-state index in [4.69, 9.17) is 17.1 Å². The van der Waals surface area contributed by atoms with Gasteiger partial charge in [0.05, 0.1) is 5.52 Å². The van der Waals surface area contributed by atoms with Gasteiger partial charge in [0, 0.05) is 39.8 Å². The second-order valence-electron chi connectivity index (χ2n) is 3.98. The van der Waals surface area contributed by atoms with Crippen LogP contribution in [0.5, 0.6) is 0 Å². The summed E-state index contributed by atoms with van der Waals surface area (Å²) < 4.78 is 0. The van der Waals surface area contributed by atoms with E-state index in [2.05, 4.69) is 20.3 Å². The Bertz CT molecular complexity index is 606. The molecular formula is C12H12ClN5. The maximum Gasteiger partial charge on any atom is 0.0737 e. The fraction of sp³-hybridized carbons (Fsp3) is 0.250. The van der Waals surface area contributed by atoms with Crippen molar-refractivity contribution in [3.63, 3.8) is 0 Å². The van der Waals surface area contributed by atoms with Gasteiger partial charge in [-0.05, 0) is 36.7 Å². The largest absolute Gasteiger partial charge is 0.382 e. The van der Waals surface area contributed by atoms with Crippen molar-refractivity contribution in [2.45, 2.75) is 13.0 Å². The van der Waals surface area contributed by atoms with Gasteiger partial charge in [-0.2, -0.15) is 0 Å². The van der Waals surface area contributed by atoms with Crippen molar-refractivity contribution in [3.05, 3.63) is 45.9 Å². The monoisotopic (exact) mass is 261 g/mol. The van der Waals surface area contributed by atoms with E-state index in [0.717, 1.165) is 16.6 Å². The van der Waals surface area contributed by atoms with Gasteiger partial charge in [0.1, 0.15) is 0 Å². The number of fused-ring (bicyclic) bond motifs is 1. The molecule has 0 amide bonds. The highest BCUT2D eigenvalue weighted by Crippen LogP contribution is 2.24. The second-order valence-corrected chi connectivity index (χ2v) is 4.42. The van der Waals surface area contributed by atoms with Gasteiger partial charge < -0.3 is 5.32 Å². The SMILES string of the molecule is C[C@@H](CN=[N+]=[N-])Nc1ccnc2cc(Cl)ccc12. The minimum absolute atomic E-state index is 0.0576. The Morgan fingerprint density at radius 3 is 3.11 bits per heavy atom. The predicted octanol–water partition coefficient (Wildman–Crippen LogP) is 4.00. The van der Waals surface area contributed by atoms with E-state index >= 15 is 0 Å². The highest BCUT2D eigenvalue weighted by atomic mass is 35.5. The number of aromatic nitrogens is 1. The molecule has 92 valence electrons. The van der Waals surface area contributed by atoms with Crippen LogP contribution in [0, 0.1) is 0 Å². The minimum Gasteiger partial charge on any atom is -0.382 e. The lowest BCUT2D eigenvalue weighted by atomic mass is 10.1. The fourth-order valence-electron chi connectivity index (χ4n) is 1.72. The van der Waals surface area contributed by atoms with Gasteiger partial charge in [-0.15, -0.1) is 0 Å². The molecule has 1 atom stereocenters. The summed E-state index contributed by atoms with van der Waals surface area (Å²) in [4.78, 5) is 7.01. The minimum atomic E-state index is 0.0576. The molecule has 1 heterocycles. The van der Waals surface area contributed by atoms with Gasteiger partial charge in [0.15, 0.2) is 0 Å². The molecule has 0 spiro atoms. The molecule has 18 heavy (non-hydrogen) atoms. The molecular weight excluding hydrogens is 250 g/mol. The number of hydrogen-bond donors (Lipinski definition) is 1. The molecule has 1 aromatic heterocycles. The van der Waals surface area contributed by atoms with Crippen LogP contribution in [0.2, 0.25) is 5.02 Å². The Labute approximate surface area is 109 Å². The first-order valence-corrected chi connectivity index (χ1v) is 5.90. The topological polar surface area (TPSA) is 73.7 Å². The summed E-state index contributed by atoms with van der Waals surface area (Å²) in [6, 6.07) is 7.52. The first-order valence-electron chi connectivity index (χ1n) is 5.52. The first kappa shape index (κ1) is 12.5. The number of azide groups is 1. The summed E-state index contributed by atoms with van der Waals surface area (Å²) in [6.45, 7) is 2.35. The number of hydrogen-bond acceptors (Lipinski definition) is 3. The molecule has 2 aromatic rings. The lowest BCUT2D eigenvalue weighted by molar-refractivity contribution is 0.800. The Morgan fingerprint density at radius 1 is 1.50 bits per heavy atom. The molecule has 5 nitrogen and oxygen atoms in total. The zero-order valence-corrected chi connectivity index (χ0v) is 10.6. The van der Waals surface area contributed by atoms with Gasteiger partial charge in [0.2, 0.25) is 0 Å². The Kier molecular flexibility index (Phi) is 3.87. The number of nitrogens with one attached hydrogen (secondary N) is 1.